The van der Waals surface area contributed by atoms with Crippen molar-refractivity contribution in [2.24, 2.45) is 0 Å². The Kier molecular flexibility index (Phi) is 8.10. The minimum Gasteiger partial charge on any atom is -0.490 e. The molecular formula is C29H32N4O4. The number of nitrogens with zero attached hydrogens (tertiary/aromatic N) is 1. The molecule has 1 heterocycles. The summed E-state index contributed by atoms with van der Waals surface area (Å²) in [5, 5.41) is 9.30. The lowest BCUT2D eigenvalue weighted by Crippen LogP contribution is -2.34. The van der Waals surface area contributed by atoms with Crippen molar-refractivity contribution in [2.75, 3.05) is 49.4 Å². The van der Waals surface area contributed by atoms with Crippen molar-refractivity contribution in [2.45, 2.75) is 13.8 Å². The molecule has 0 atom stereocenters. The molecule has 0 bridgehead atoms. The molecule has 0 radical (unpaired) electrons. The molecular weight excluding hydrogens is 468 g/mol. The van der Waals surface area contributed by atoms with Crippen LogP contribution in [0.4, 0.5) is 17.1 Å². The van der Waals surface area contributed by atoms with Crippen LogP contribution in [0.25, 0.3) is 11.3 Å². The Morgan fingerprint density at radius 2 is 1.59 bits per heavy atom. The molecule has 4 rings (SSSR count). The van der Waals surface area contributed by atoms with Gasteiger partial charge in [-0.3, -0.25) is 9.59 Å². The molecule has 0 unspecified atom stereocenters. The van der Waals surface area contributed by atoms with Crippen molar-refractivity contribution in [1.82, 2.24) is 5.32 Å². The van der Waals surface area contributed by atoms with Gasteiger partial charge in [-0.1, -0.05) is 30.3 Å². The van der Waals surface area contributed by atoms with Gasteiger partial charge in [-0.2, -0.15) is 0 Å². The fourth-order valence-corrected chi connectivity index (χ4v) is 4.17. The Morgan fingerprint density at radius 1 is 0.946 bits per heavy atom. The maximum absolute atomic E-state index is 13.3. The van der Waals surface area contributed by atoms with Gasteiger partial charge in [-0.15, -0.1) is 0 Å². The Balaban J connectivity index is 1.77. The lowest BCUT2D eigenvalue weighted by Gasteiger charge is -2.19. The number of amides is 2. The molecule has 3 N–H and O–H groups in total. The predicted molar refractivity (Wildman–Crippen MR) is 148 cm³/mol. The first-order chi connectivity index (χ1) is 18.0. The molecule has 8 heteroatoms. The number of hydrogen-bond acceptors (Lipinski definition) is 6. The van der Waals surface area contributed by atoms with Crippen LogP contribution in [0.5, 0.6) is 11.5 Å². The van der Waals surface area contributed by atoms with Crippen molar-refractivity contribution in [3.8, 4) is 11.5 Å². The Bertz CT molecular complexity index is 1300. The van der Waals surface area contributed by atoms with Crippen molar-refractivity contribution in [3.05, 3.63) is 77.9 Å². The van der Waals surface area contributed by atoms with Crippen LogP contribution in [0.1, 0.15) is 25.0 Å². The van der Waals surface area contributed by atoms with Gasteiger partial charge < -0.3 is 30.3 Å². The van der Waals surface area contributed by atoms with Gasteiger partial charge in [0, 0.05) is 30.1 Å². The summed E-state index contributed by atoms with van der Waals surface area (Å²) in [5.41, 5.74) is 4.99. The standard InChI is InChI=1S/C29H32N4O4/c1-5-36-24-16-22-23(17-25(24)37-6-2)32-29(35)27(22)28(19-10-8-7-9-11-19)31-20-12-14-21(15-13-20)33(4)26(34)18-30-3/h7-17,30-31H,5-6,18H2,1-4H3,(H,32,35). The summed E-state index contributed by atoms with van der Waals surface area (Å²) in [4.78, 5) is 27.1. The van der Waals surface area contributed by atoms with Gasteiger partial charge in [0.15, 0.2) is 11.5 Å². The molecule has 1 aliphatic heterocycles. The lowest BCUT2D eigenvalue weighted by molar-refractivity contribution is -0.117. The summed E-state index contributed by atoms with van der Waals surface area (Å²) in [5.74, 6) is 0.923. The molecule has 0 aromatic heterocycles. The highest BCUT2D eigenvalue weighted by Gasteiger charge is 2.30. The molecule has 3 aromatic carbocycles. The second-order valence-electron chi connectivity index (χ2n) is 8.44. The minimum absolute atomic E-state index is 0.0361. The fraction of sp³-hybridized carbons (Fsp3) is 0.241. The molecule has 1 aliphatic rings. The zero-order valence-electron chi connectivity index (χ0n) is 21.6. The smallest absolute Gasteiger partial charge is 0.258 e. The summed E-state index contributed by atoms with van der Waals surface area (Å²) in [7, 11) is 3.48. The highest BCUT2D eigenvalue weighted by Crippen LogP contribution is 2.43. The van der Waals surface area contributed by atoms with Gasteiger partial charge in [0.05, 0.1) is 36.7 Å². The zero-order valence-corrected chi connectivity index (χ0v) is 21.6. The van der Waals surface area contributed by atoms with E-state index in [9.17, 15) is 9.59 Å². The van der Waals surface area contributed by atoms with E-state index in [2.05, 4.69) is 16.0 Å². The summed E-state index contributed by atoms with van der Waals surface area (Å²) < 4.78 is 11.6. The van der Waals surface area contributed by atoms with E-state index in [0.717, 1.165) is 22.5 Å². The number of nitrogens with one attached hydrogen (secondary N) is 3. The number of carbonyl (C=O) groups excluding carboxylic acids is 2. The fourth-order valence-electron chi connectivity index (χ4n) is 4.17. The lowest BCUT2D eigenvalue weighted by atomic mass is 9.99. The van der Waals surface area contributed by atoms with Crippen LogP contribution < -0.4 is 30.3 Å². The van der Waals surface area contributed by atoms with E-state index < -0.39 is 0 Å². The largest absolute Gasteiger partial charge is 0.490 e. The normalized spacial score (nSPS) is 13.5. The molecule has 8 nitrogen and oxygen atoms in total. The number of hydrogen-bond donors (Lipinski definition) is 3. The highest BCUT2D eigenvalue weighted by atomic mass is 16.5. The van der Waals surface area contributed by atoms with E-state index in [1.807, 2.05) is 80.6 Å². The Morgan fingerprint density at radius 3 is 2.22 bits per heavy atom. The third-order valence-electron chi connectivity index (χ3n) is 5.97. The van der Waals surface area contributed by atoms with Crippen LogP contribution >= 0.6 is 0 Å². The first-order valence-corrected chi connectivity index (χ1v) is 12.3. The molecule has 0 saturated heterocycles. The van der Waals surface area contributed by atoms with Crippen LogP contribution in [0.2, 0.25) is 0 Å². The number of fused-ring (bicyclic) bond motifs is 1. The molecule has 37 heavy (non-hydrogen) atoms. The van der Waals surface area contributed by atoms with E-state index in [1.165, 1.54) is 0 Å². The highest BCUT2D eigenvalue weighted by molar-refractivity contribution is 6.37. The summed E-state index contributed by atoms with van der Waals surface area (Å²) in [6.45, 7) is 5.03. The molecule has 0 spiro atoms. The van der Waals surface area contributed by atoms with Gasteiger partial charge >= 0.3 is 0 Å². The second-order valence-corrected chi connectivity index (χ2v) is 8.44. The van der Waals surface area contributed by atoms with Gasteiger partial charge in [-0.05, 0) is 56.8 Å². The number of carbonyl (C=O) groups is 2. The van der Waals surface area contributed by atoms with Crippen LogP contribution in [-0.4, -0.2) is 45.7 Å². The minimum atomic E-state index is -0.216. The number of anilines is 3. The second kappa shape index (κ2) is 11.6. The summed E-state index contributed by atoms with van der Waals surface area (Å²) >= 11 is 0. The van der Waals surface area contributed by atoms with Gasteiger partial charge in [0.2, 0.25) is 5.91 Å². The van der Waals surface area contributed by atoms with E-state index in [0.29, 0.717) is 41.7 Å². The molecule has 192 valence electrons. The topological polar surface area (TPSA) is 91.9 Å². The van der Waals surface area contributed by atoms with Gasteiger partial charge in [0.25, 0.3) is 5.91 Å². The quantitative estimate of drug-likeness (QED) is 0.353. The van der Waals surface area contributed by atoms with Gasteiger partial charge in [-0.25, -0.2) is 0 Å². The van der Waals surface area contributed by atoms with E-state index >= 15 is 0 Å². The van der Waals surface area contributed by atoms with Crippen LogP contribution in [0, 0.1) is 0 Å². The van der Waals surface area contributed by atoms with Crippen molar-refractivity contribution in [1.29, 1.82) is 0 Å². The van der Waals surface area contributed by atoms with Crippen LogP contribution in [0.3, 0.4) is 0 Å². The Labute approximate surface area is 217 Å². The number of ether oxygens (including phenoxy) is 2. The maximum atomic E-state index is 13.3. The van der Waals surface area contributed by atoms with Crippen LogP contribution in [0.15, 0.2) is 66.7 Å². The van der Waals surface area contributed by atoms with E-state index in [4.69, 9.17) is 9.47 Å². The van der Waals surface area contributed by atoms with E-state index in [-0.39, 0.29) is 18.4 Å². The maximum Gasteiger partial charge on any atom is 0.258 e. The van der Waals surface area contributed by atoms with E-state index in [1.54, 1.807) is 19.0 Å². The third-order valence-corrected chi connectivity index (χ3v) is 5.97. The summed E-state index contributed by atoms with van der Waals surface area (Å²) in [6.07, 6.45) is 0. The SMILES string of the molecule is CCOc1cc2c(cc1OCC)C(=C(Nc1ccc(N(C)C(=O)CNC)cc1)c1ccccc1)C(=O)N2. The monoisotopic (exact) mass is 500 g/mol. The van der Waals surface area contributed by atoms with Crippen molar-refractivity contribution < 1.29 is 19.1 Å². The van der Waals surface area contributed by atoms with Crippen LogP contribution in [-0.2, 0) is 9.59 Å². The average Bonchev–Trinajstić information content (AvgIpc) is 3.22. The molecule has 0 fully saturated rings. The number of rotatable bonds is 10. The first kappa shape index (κ1) is 25.8. The first-order valence-electron chi connectivity index (χ1n) is 12.3. The summed E-state index contributed by atoms with van der Waals surface area (Å²) in [6, 6.07) is 20.9. The number of benzene rings is 3. The number of likely N-dealkylation sites (N-methyl/N-ethyl adjacent to an activating group) is 2. The molecule has 3 aromatic rings. The molecule has 0 saturated carbocycles. The Hall–Kier alpha value is -4.30. The zero-order chi connectivity index (χ0) is 26.4. The third kappa shape index (κ3) is 5.59. The molecule has 0 aliphatic carbocycles. The van der Waals surface area contributed by atoms with Crippen molar-refractivity contribution in [3.63, 3.8) is 0 Å². The molecule has 2 amide bonds. The van der Waals surface area contributed by atoms with Gasteiger partial charge in [0.1, 0.15) is 0 Å². The van der Waals surface area contributed by atoms with Crippen molar-refractivity contribution >= 4 is 40.1 Å². The average molecular weight is 501 g/mol. The predicted octanol–water partition coefficient (Wildman–Crippen LogP) is 4.60.